The van der Waals surface area contributed by atoms with E-state index < -0.39 is 0 Å². The number of anilines is 2. The zero-order valence-electron chi connectivity index (χ0n) is 13.3. The third kappa shape index (κ3) is 3.61. The van der Waals surface area contributed by atoms with Gasteiger partial charge >= 0.3 is 6.01 Å². The summed E-state index contributed by atoms with van der Waals surface area (Å²) >= 11 is 0. The van der Waals surface area contributed by atoms with Crippen LogP contribution in [0.15, 0.2) is 18.3 Å². The average molecular weight is 314 g/mol. The topological polar surface area (TPSA) is 79.0 Å². The van der Waals surface area contributed by atoms with Crippen LogP contribution in [-0.2, 0) is 0 Å². The molecule has 122 valence electrons. The van der Waals surface area contributed by atoms with Crippen molar-refractivity contribution in [2.75, 3.05) is 25.5 Å². The minimum atomic E-state index is 0.202. The molecule has 1 saturated heterocycles. The number of ether oxygens (including phenoxy) is 1. The van der Waals surface area contributed by atoms with Crippen molar-refractivity contribution in [3.63, 3.8) is 0 Å². The van der Waals surface area contributed by atoms with Gasteiger partial charge in [-0.1, -0.05) is 0 Å². The SMILES string of the molecule is CN1CCC(Oc2nccc(Nc3cc(C4CC4)[nH]n3)n2)CC1. The van der Waals surface area contributed by atoms with Crippen molar-refractivity contribution in [1.29, 1.82) is 0 Å². The molecule has 0 spiro atoms. The van der Waals surface area contributed by atoms with Crippen LogP contribution in [0.2, 0.25) is 0 Å². The Morgan fingerprint density at radius 2 is 2.04 bits per heavy atom. The molecule has 4 rings (SSSR count). The molecule has 7 heteroatoms. The fraction of sp³-hybridized carbons (Fsp3) is 0.562. The number of piperidine rings is 1. The Bertz CT molecular complexity index is 660. The molecule has 0 atom stereocenters. The van der Waals surface area contributed by atoms with Crippen molar-refractivity contribution < 1.29 is 4.74 Å². The van der Waals surface area contributed by atoms with Gasteiger partial charge in [0.05, 0.1) is 0 Å². The van der Waals surface area contributed by atoms with Crippen molar-refractivity contribution in [3.05, 3.63) is 24.0 Å². The van der Waals surface area contributed by atoms with Gasteiger partial charge < -0.3 is 15.0 Å². The molecule has 3 heterocycles. The number of nitrogens with one attached hydrogen (secondary N) is 2. The zero-order chi connectivity index (χ0) is 15.6. The minimum Gasteiger partial charge on any atom is -0.460 e. The second kappa shape index (κ2) is 6.16. The molecule has 0 bridgehead atoms. The Morgan fingerprint density at radius 3 is 2.83 bits per heavy atom. The smallest absolute Gasteiger partial charge is 0.318 e. The quantitative estimate of drug-likeness (QED) is 0.881. The van der Waals surface area contributed by atoms with E-state index in [1.165, 1.54) is 18.5 Å². The Kier molecular flexibility index (Phi) is 3.87. The molecule has 2 aliphatic rings. The highest BCUT2D eigenvalue weighted by molar-refractivity contribution is 5.52. The van der Waals surface area contributed by atoms with Crippen LogP contribution in [0, 0.1) is 0 Å². The first-order chi connectivity index (χ1) is 11.3. The number of aromatic amines is 1. The molecule has 7 nitrogen and oxygen atoms in total. The van der Waals surface area contributed by atoms with Crippen molar-refractivity contribution in [2.24, 2.45) is 0 Å². The molecule has 2 aromatic rings. The van der Waals surface area contributed by atoms with Gasteiger partial charge in [-0.15, -0.1) is 0 Å². The Morgan fingerprint density at radius 1 is 1.22 bits per heavy atom. The number of aromatic nitrogens is 4. The standard InChI is InChI=1S/C16H22N6O/c1-22-8-5-12(6-9-22)23-16-17-7-4-14(19-16)18-15-10-13(20-21-15)11-2-3-11/h4,7,10-12H,2-3,5-6,8-9H2,1H3,(H2,17,18,19,20,21). The van der Waals surface area contributed by atoms with Gasteiger partial charge in [-0.25, -0.2) is 4.98 Å². The fourth-order valence-corrected chi connectivity index (χ4v) is 2.85. The molecule has 0 unspecified atom stereocenters. The molecular formula is C16H22N6O. The van der Waals surface area contributed by atoms with Crippen molar-refractivity contribution >= 4 is 11.6 Å². The lowest BCUT2D eigenvalue weighted by molar-refractivity contribution is 0.105. The predicted molar refractivity (Wildman–Crippen MR) is 87.0 cm³/mol. The van der Waals surface area contributed by atoms with E-state index in [4.69, 9.17) is 4.74 Å². The van der Waals surface area contributed by atoms with Crippen LogP contribution in [-0.4, -0.2) is 51.3 Å². The third-order valence-corrected chi connectivity index (χ3v) is 4.44. The minimum absolute atomic E-state index is 0.202. The Hall–Kier alpha value is -2.15. The van der Waals surface area contributed by atoms with E-state index in [0.717, 1.165) is 31.7 Å². The number of H-pyrrole nitrogens is 1. The number of hydrogen-bond donors (Lipinski definition) is 2. The van der Waals surface area contributed by atoms with E-state index in [0.29, 0.717) is 17.7 Å². The molecule has 0 amide bonds. The summed E-state index contributed by atoms with van der Waals surface area (Å²) in [5.74, 6) is 2.15. The summed E-state index contributed by atoms with van der Waals surface area (Å²) < 4.78 is 5.92. The lowest BCUT2D eigenvalue weighted by Gasteiger charge is -2.28. The highest BCUT2D eigenvalue weighted by atomic mass is 16.5. The Labute approximate surface area is 135 Å². The maximum Gasteiger partial charge on any atom is 0.318 e. The summed E-state index contributed by atoms with van der Waals surface area (Å²) in [6.07, 6.45) is 6.46. The van der Waals surface area contributed by atoms with E-state index >= 15 is 0 Å². The molecule has 0 aromatic carbocycles. The molecule has 2 N–H and O–H groups in total. The summed E-state index contributed by atoms with van der Waals surface area (Å²) in [6.45, 7) is 2.11. The van der Waals surface area contributed by atoms with Crippen LogP contribution >= 0.6 is 0 Å². The molecule has 0 radical (unpaired) electrons. The molecular weight excluding hydrogens is 292 g/mol. The van der Waals surface area contributed by atoms with E-state index in [-0.39, 0.29) is 6.10 Å². The van der Waals surface area contributed by atoms with Crippen molar-refractivity contribution in [3.8, 4) is 6.01 Å². The van der Waals surface area contributed by atoms with Crippen LogP contribution in [0.25, 0.3) is 0 Å². The van der Waals surface area contributed by atoms with Crippen LogP contribution in [0.3, 0.4) is 0 Å². The molecule has 1 aliphatic carbocycles. The predicted octanol–water partition coefficient (Wildman–Crippen LogP) is 2.29. The van der Waals surface area contributed by atoms with Crippen LogP contribution in [0.1, 0.15) is 37.3 Å². The average Bonchev–Trinajstić information content (AvgIpc) is 3.30. The number of hydrogen-bond acceptors (Lipinski definition) is 6. The van der Waals surface area contributed by atoms with E-state index in [2.05, 4.69) is 43.5 Å². The zero-order valence-corrected chi connectivity index (χ0v) is 13.3. The van der Waals surface area contributed by atoms with E-state index in [1.54, 1.807) is 6.20 Å². The first kappa shape index (κ1) is 14.4. The normalized spacial score (nSPS) is 19.7. The van der Waals surface area contributed by atoms with Gasteiger partial charge in [-0.05, 0) is 38.8 Å². The summed E-state index contributed by atoms with van der Waals surface area (Å²) in [4.78, 5) is 11.0. The molecule has 1 aliphatic heterocycles. The largest absolute Gasteiger partial charge is 0.460 e. The van der Waals surface area contributed by atoms with E-state index in [9.17, 15) is 0 Å². The lowest BCUT2D eigenvalue weighted by Crippen LogP contribution is -2.35. The molecule has 23 heavy (non-hydrogen) atoms. The highest BCUT2D eigenvalue weighted by Gasteiger charge is 2.25. The maximum absolute atomic E-state index is 5.92. The second-order valence-corrected chi connectivity index (χ2v) is 6.45. The monoisotopic (exact) mass is 314 g/mol. The maximum atomic E-state index is 5.92. The van der Waals surface area contributed by atoms with Gasteiger partial charge in [0.15, 0.2) is 5.82 Å². The van der Waals surface area contributed by atoms with Gasteiger partial charge in [0.2, 0.25) is 0 Å². The first-order valence-electron chi connectivity index (χ1n) is 8.27. The first-order valence-corrected chi connectivity index (χ1v) is 8.27. The second-order valence-electron chi connectivity index (χ2n) is 6.45. The third-order valence-electron chi connectivity index (χ3n) is 4.44. The van der Waals surface area contributed by atoms with Crippen molar-refractivity contribution in [2.45, 2.75) is 37.7 Å². The highest BCUT2D eigenvalue weighted by Crippen LogP contribution is 2.39. The van der Waals surface area contributed by atoms with Crippen LogP contribution in [0.4, 0.5) is 11.6 Å². The molecule has 2 aromatic heterocycles. The fourth-order valence-electron chi connectivity index (χ4n) is 2.85. The number of rotatable bonds is 5. The summed E-state index contributed by atoms with van der Waals surface area (Å²) in [6, 6.07) is 4.31. The summed E-state index contributed by atoms with van der Waals surface area (Å²) in [7, 11) is 2.14. The van der Waals surface area contributed by atoms with E-state index in [1.807, 2.05) is 6.07 Å². The molecule has 1 saturated carbocycles. The number of nitrogens with zero attached hydrogens (tertiary/aromatic N) is 4. The summed E-state index contributed by atoms with van der Waals surface area (Å²) in [5, 5.41) is 10.6. The van der Waals surface area contributed by atoms with Gasteiger partial charge in [0, 0.05) is 37.0 Å². The van der Waals surface area contributed by atoms with Crippen LogP contribution in [0.5, 0.6) is 6.01 Å². The van der Waals surface area contributed by atoms with Gasteiger partial charge in [0.1, 0.15) is 11.9 Å². The van der Waals surface area contributed by atoms with Crippen molar-refractivity contribution in [1.82, 2.24) is 25.1 Å². The number of likely N-dealkylation sites (tertiary alicyclic amines) is 1. The van der Waals surface area contributed by atoms with Gasteiger partial charge in [-0.2, -0.15) is 10.1 Å². The molecule has 2 fully saturated rings. The Balaban J connectivity index is 1.39. The van der Waals surface area contributed by atoms with Gasteiger partial charge in [-0.3, -0.25) is 5.10 Å². The van der Waals surface area contributed by atoms with Gasteiger partial charge in [0.25, 0.3) is 0 Å². The summed E-state index contributed by atoms with van der Waals surface area (Å²) in [5.41, 5.74) is 1.20. The van der Waals surface area contributed by atoms with Crippen LogP contribution < -0.4 is 10.1 Å². The lowest BCUT2D eigenvalue weighted by atomic mass is 10.1.